The van der Waals surface area contributed by atoms with Crippen molar-refractivity contribution in [3.05, 3.63) is 35.9 Å². The van der Waals surface area contributed by atoms with Crippen LogP contribution in [0.5, 0.6) is 11.5 Å². The van der Waals surface area contributed by atoms with Gasteiger partial charge in [-0.15, -0.1) is 0 Å². The molecule has 0 amide bonds. The SMILES string of the molecule is COc1cccc(OCc2nc3n(n2)C(C)CCC3N)c1. The largest absolute Gasteiger partial charge is 0.497 e. The number of rotatable bonds is 4. The van der Waals surface area contributed by atoms with E-state index in [2.05, 4.69) is 17.0 Å². The molecule has 0 aliphatic carbocycles. The molecule has 0 saturated carbocycles. The van der Waals surface area contributed by atoms with Crippen LogP contribution in [0.4, 0.5) is 0 Å². The van der Waals surface area contributed by atoms with E-state index in [1.807, 2.05) is 28.9 Å². The minimum absolute atomic E-state index is 0.0285. The Hall–Kier alpha value is -2.08. The van der Waals surface area contributed by atoms with Crippen molar-refractivity contribution >= 4 is 0 Å². The summed E-state index contributed by atoms with van der Waals surface area (Å²) in [5.41, 5.74) is 6.09. The first-order chi connectivity index (χ1) is 10.2. The van der Waals surface area contributed by atoms with Crippen LogP contribution in [0.2, 0.25) is 0 Å². The second kappa shape index (κ2) is 5.73. The van der Waals surface area contributed by atoms with Gasteiger partial charge in [-0.2, -0.15) is 5.10 Å². The number of aromatic nitrogens is 3. The third-order valence-corrected chi connectivity index (χ3v) is 3.76. The summed E-state index contributed by atoms with van der Waals surface area (Å²) in [5, 5.41) is 4.51. The van der Waals surface area contributed by atoms with Gasteiger partial charge >= 0.3 is 0 Å². The highest BCUT2D eigenvalue weighted by atomic mass is 16.5. The van der Waals surface area contributed by atoms with Crippen molar-refractivity contribution in [1.82, 2.24) is 14.8 Å². The van der Waals surface area contributed by atoms with Gasteiger partial charge in [-0.1, -0.05) is 6.07 Å². The number of nitrogens with zero attached hydrogens (tertiary/aromatic N) is 3. The van der Waals surface area contributed by atoms with Gasteiger partial charge in [-0.3, -0.25) is 0 Å². The Bertz CT molecular complexity index is 598. The maximum absolute atomic E-state index is 6.09. The molecule has 6 heteroatoms. The summed E-state index contributed by atoms with van der Waals surface area (Å²) >= 11 is 0. The molecule has 2 atom stereocenters. The normalized spacial score (nSPS) is 20.9. The van der Waals surface area contributed by atoms with Gasteiger partial charge in [-0.05, 0) is 31.9 Å². The lowest BCUT2D eigenvalue weighted by Gasteiger charge is -2.23. The smallest absolute Gasteiger partial charge is 0.188 e. The highest BCUT2D eigenvalue weighted by molar-refractivity contribution is 5.32. The van der Waals surface area contributed by atoms with Crippen LogP contribution in [0.15, 0.2) is 24.3 Å². The molecule has 1 aliphatic rings. The summed E-state index contributed by atoms with van der Waals surface area (Å²) in [4.78, 5) is 4.51. The van der Waals surface area contributed by atoms with E-state index in [0.717, 1.165) is 30.2 Å². The zero-order valence-corrected chi connectivity index (χ0v) is 12.3. The maximum atomic E-state index is 6.09. The monoisotopic (exact) mass is 288 g/mol. The third kappa shape index (κ3) is 2.85. The molecular formula is C15H20N4O2. The van der Waals surface area contributed by atoms with Crippen molar-refractivity contribution in [2.75, 3.05) is 7.11 Å². The summed E-state index contributed by atoms with van der Waals surface area (Å²) in [7, 11) is 1.63. The van der Waals surface area contributed by atoms with Gasteiger partial charge in [0.2, 0.25) is 0 Å². The highest BCUT2D eigenvalue weighted by Gasteiger charge is 2.25. The fraction of sp³-hybridized carbons (Fsp3) is 0.467. The molecule has 6 nitrogen and oxygen atoms in total. The van der Waals surface area contributed by atoms with Gasteiger partial charge in [0.05, 0.1) is 19.2 Å². The van der Waals surface area contributed by atoms with Gasteiger partial charge in [0.25, 0.3) is 0 Å². The van der Waals surface area contributed by atoms with E-state index in [4.69, 9.17) is 15.2 Å². The number of benzene rings is 1. The molecule has 0 radical (unpaired) electrons. The van der Waals surface area contributed by atoms with E-state index >= 15 is 0 Å². The van der Waals surface area contributed by atoms with E-state index in [1.165, 1.54) is 0 Å². The molecule has 1 aromatic heterocycles. The molecular weight excluding hydrogens is 268 g/mol. The molecule has 0 saturated heterocycles. The van der Waals surface area contributed by atoms with Crippen LogP contribution in [0, 0.1) is 0 Å². The van der Waals surface area contributed by atoms with Gasteiger partial charge in [0.15, 0.2) is 5.82 Å². The van der Waals surface area contributed by atoms with Crippen LogP contribution in [0.25, 0.3) is 0 Å². The number of ether oxygens (including phenoxy) is 2. The van der Waals surface area contributed by atoms with E-state index in [1.54, 1.807) is 7.11 Å². The molecule has 2 heterocycles. The molecule has 0 spiro atoms. The standard InChI is InChI=1S/C15H20N4O2/c1-10-6-7-13(16)15-17-14(18-19(10)15)9-21-12-5-3-4-11(8-12)20-2/h3-5,8,10,13H,6-7,9,16H2,1-2H3. The Kier molecular flexibility index (Phi) is 3.79. The van der Waals surface area contributed by atoms with E-state index in [9.17, 15) is 0 Å². The molecule has 0 bridgehead atoms. The zero-order chi connectivity index (χ0) is 14.8. The number of fused-ring (bicyclic) bond motifs is 1. The highest BCUT2D eigenvalue weighted by Crippen LogP contribution is 2.28. The lowest BCUT2D eigenvalue weighted by Crippen LogP contribution is -2.25. The van der Waals surface area contributed by atoms with Crippen molar-refractivity contribution in [3.63, 3.8) is 0 Å². The molecule has 1 aromatic carbocycles. The van der Waals surface area contributed by atoms with Gasteiger partial charge in [-0.25, -0.2) is 9.67 Å². The molecule has 2 N–H and O–H groups in total. The van der Waals surface area contributed by atoms with Crippen molar-refractivity contribution in [3.8, 4) is 11.5 Å². The second-order valence-corrected chi connectivity index (χ2v) is 5.33. The summed E-state index contributed by atoms with van der Waals surface area (Å²) < 4.78 is 12.8. The summed E-state index contributed by atoms with van der Waals surface area (Å²) in [6.07, 6.45) is 1.99. The van der Waals surface area contributed by atoms with Crippen LogP contribution < -0.4 is 15.2 Å². The molecule has 0 fully saturated rings. The lowest BCUT2D eigenvalue weighted by atomic mass is 10.0. The number of nitrogens with two attached hydrogens (primary N) is 1. The average Bonchev–Trinajstić information content (AvgIpc) is 2.95. The lowest BCUT2D eigenvalue weighted by molar-refractivity contribution is 0.291. The van der Waals surface area contributed by atoms with Crippen molar-refractivity contribution < 1.29 is 9.47 Å². The van der Waals surface area contributed by atoms with Crippen LogP contribution in [-0.4, -0.2) is 21.9 Å². The number of methoxy groups -OCH3 is 1. The fourth-order valence-corrected chi connectivity index (χ4v) is 2.53. The first kappa shape index (κ1) is 13.9. The Morgan fingerprint density at radius 1 is 1.33 bits per heavy atom. The fourth-order valence-electron chi connectivity index (χ4n) is 2.53. The number of hydrogen-bond donors (Lipinski definition) is 1. The Morgan fingerprint density at radius 3 is 2.90 bits per heavy atom. The first-order valence-electron chi connectivity index (χ1n) is 7.15. The van der Waals surface area contributed by atoms with Crippen LogP contribution in [-0.2, 0) is 6.61 Å². The Labute approximate surface area is 123 Å². The molecule has 21 heavy (non-hydrogen) atoms. The van der Waals surface area contributed by atoms with E-state index in [-0.39, 0.29) is 6.04 Å². The molecule has 112 valence electrons. The predicted octanol–water partition coefficient (Wildman–Crippen LogP) is 2.22. The minimum Gasteiger partial charge on any atom is -0.497 e. The Balaban J connectivity index is 1.72. The quantitative estimate of drug-likeness (QED) is 0.933. The van der Waals surface area contributed by atoms with Crippen LogP contribution in [0.3, 0.4) is 0 Å². The maximum Gasteiger partial charge on any atom is 0.188 e. The minimum atomic E-state index is -0.0285. The summed E-state index contributed by atoms with van der Waals surface area (Å²) in [6, 6.07) is 7.80. The summed E-state index contributed by atoms with van der Waals surface area (Å²) in [6.45, 7) is 2.46. The van der Waals surface area contributed by atoms with E-state index < -0.39 is 0 Å². The van der Waals surface area contributed by atoms with Gasteiger partial charge in [0, 0.05) is 6.07 Å². The van der Waals surface area contributed by atoms with E-state index in [0.29, 0.717) is 18.5 Å². The van der Waals surface area contributed by atoms with Crippen molar-refractivity contribution in [1.29, 1.82) is 0 Å². The second-order valence-electron chi connectivity index (χ2n) is 5.33. The third-order valence-electron chi connectivity index (χ3n) is 3.76. The molecule has 2 aromatic rings. The van der Waals surface area contributed by atoms with Crippen LogP contribution >= 0.6 is 0 Å². The van der Waals surface area contributed by atoms with Gasteiger partial charge in [0.1, 0.15) is 23.9 Å². The van der Waals surface area contributed by atoms with Crippen molar-refractivity contribution in [2.24, 2.45) is 5.73 Å². The predicted molar refractivity (Wildman–Crippen MR) is 78.2 cm³/mol. The number of hydrogen-bond acceptors (Lipinski definition) is 5. The zero-order valence-electron chi connectivity index (χ0n) is 12.3. The topological polar surface area (TPSA) is 75.2 Å². The van der Waals surface area contributed by atoms with Gasteiger partial charge < -0.3 is 15.2 Å². The van der Waals surface area contributed by atoms with Crippen molar-refractivity contribution in [2.45, 2.75) is 38.5 Å². The Morgan fingerprint density at radius 2 is 2.14 bits per heavy atom. The molecule has 3 rings (SSSR count). The summed E-state index contributed by atoms with van der Waals surface area (Å²) in [5.74, 6) is 3.02. The molecule has 1 aliphatic heterocycles. The average molecular weight is 288 g/mol. The van der Waals surface area contributed by atoms with Crippen LogP contribution in [0.1, 0.15) is 43.5 Å². The molecule has 2 unspecified atom stereocenters. The first-order valence-corrected chi connectivity index (χ1v) is 7.15.